The van der Waals surface area contributed by atoms with Gasteiger partial charge in [-0.1, -0.05) is 39.0 Å². The number of unbranched alkanes of at least 4 members (excludes halogenated alkanes) is 5. The van der Waals surface area contributed by atoms with Gasteiger partial charge in [0.05, 0.1) is 5.92 Å². The van der Waals surface area contributed by atoms with E-state index in [1.807, 2.05) is 6.92 Å². The Hall–Kier alpha value is -1.06. The molecule has 0 aromatic carbocycles. The highest BCUT2D eigenvalue weighted by atomic mass is 16.4. The molecule has 2 atom stereocenters. The van der Waals surface area contributed by atoms with Crippen molar-refractivity contribution in [1.82, 2.24) is 4.90 Å². The summed E-state index contributed by atoms with van der Waals surface area (Å²) in [4.78, 5) is 24.8. The zero-order valence-corrected chi connectivity index (χ0v) is 12.2. The third kappa shape index (κ3) is 4.84. The van der Waals surface area contributed by atoms with E-state index in [4.69, 9.17) is 5.11 Å². The monoisotopic (exact) mass is 269 g/mol. The summed E-state index contributed by atoms with van der Waals surface area (Å²) in [5.41, 5.74) is 0. The topological polar surface area (TPSA) is 57.6 Å². The number of aliphatic carboxylic acids is 1. The van der Waals surface area contributed by atoms with Gasteiger partial charge in [-0.15, -0.1) is 0 Å². The molecule has 1 rings (SSSR count). The number of likely N-dealkylation sites (tertiary alicyclic amines) is 1. The summed E-state index contributed by atoms with van der Waals surface area (Å²) in [6.45, 7) is 4.65. The van der Waals surface area contributed by atoms with Gasteiger partial charge in [-0.2, -0.15) is 0 Å². The third-order valence-electron chi connectivity index (χ3n) is 4.14. The van der Waals surface area contributed by atoms with E-state index in [9.17, 15) is 9.59 Å². The summed E-state index contributed by atoms with van der Waals surface area (Å²) >= 11 is 0. The van der Waals surface area contributed by atoms with Crippen LogP contribution >= 0.6 is 0 Å². The second-order valence-corrected chi connectivity index (χ2v) is 5.58. The van der Waals surface area contributed by atoms with E-state index in [1.165, 1.54) is 25.7 Å². The molecule has 0 aromatic rings. The minimum absolute atomic E-state index is 0.131. The van der Waals surface area contributed by atoms with Crippen LogP contribution in [0, 0.1) is 5.92 Å². The first-order valence-electron chi connectivity index (χ1n) is 7.60. The predicted octanol–water partition coefficient (Wildman–Crippen LogP) is 3.06. The van der Waals surface area contributed by atoms with E-state index in [0.717, 1.165) is 12.8 Å². The Balaban J connectivity index is 2.21. The van der Waals surface area contributed by atoms with E-state index < -0.39 is 5.97 Å². The summed E-state index contributed by atoms with van der Waals surface area (Å²) in [6.07, 6.45) is 8.18. The van der Waals surface area contributed by atoms with E-state index in [0.29, 0.717) is 19.4 Å². The summed E-state index contributed by atoms with van der Waals surface area (Å²) < 4.78 is 0. The van der Waals surface area contributed by atoms with Crippen LogP contribution in [0.2, 0.25) is 0 Å². The maximum atomic E-state index is 12.0. The van der Waals surface area contributed by atoms with Crippen LogP contribution in [0.4, 0.5) is 0 Å². The smallest absolute Gasteiger partial charge is 0.308 e. The number of hydrogen-bond acceptors (Lipinski definition) is 2. The maximum absolute atomic E-state index is 12.0. The van der Waals surface area contributed by atoms with Crippen molar-refractivity contribution in [2.24, 2.45) is 5.92 Å². The molecule has 0 spiro atoms. The summed E-state index contributed by atoms with van der Waals surface area (Å²) in [5, 5.41) is 9.04. The molecule has 110 valence electrons. The molecule has 1 amide bonds. The number of carbonyl (C=O) groups excluding carboxylic acids is 1. The van der Waals surface area contributed by atoms with Gasteiger partial charge >= 0.3 is 5.97 Å². The minimum Gasteiger partial charge on any atom is -0.481 e. The van der Waals surface area contributed by atoms with Crippen molar-refractivity contribution in [3.63, 3.8) is 0 Å². The van der Waals surface area contributed by atoms with Crippen LogP contribution in [0.15, 0.2) is 0 Å². The highest BCUT2D eigenvalue weighted by Gasteiger charge is 2.37. The van der Waals surface area contributed by atoms with Gasteiger partial charge in [0, 0.05) is 19.0 Å². The Morgan fingerprint density at radius 2 is 1.79 bits per heavy atom. The van der Waals surface area contributed by atoms with Crippen LogP contribution in [0.5, 0.6) is 0 Å². The van der Waals surface area contributed by atoms with Crippen molar-refractivity contribution < 1.29 is 14.7 Å². The first-order chi connectivity index (χ1) is 9.07. The SMILES string of the molecule is CCCCCCCCC(=O)N1CCC(C(=O)O)C1C. The fraction of sp³-hybridized carbons (Fsp3) is 0.867. The van der Waals surface area contributed by atoms with Crippen molar-refractivity contribution in [1.29, 1.82) is 0 Å². The number of nitrogens with zero attached hydrogens (tertiary/aromatic N) is 1. The molecule has 1 saturated heterocycles. The van der Waals surface area contributed by atoms with Crippen molar-refractivity contribution >= 4 is 11.9 Å². The molecule has 0 aromatic heterocycles. The molecule has 4 nitrogen and oxygen atoms in total. The lowest BCUT2D eigenvalue weighted by atomic mass is 10.0. The average Bonchev–Trinajstić information content (AvgIpc) is 2.75. The van der Waals surface area contributed by atoms with Gasteiger partial charge in [-0.25, -0.2) is 0 Å². The fourth-order valence-corrected chi connectivity index (χ4v) is 2.82. The van der Waals surface area contributed by atoms with Gasteiger partial charge in [0.25, 0.3) is 0 Å². The molecule has 1 N–H and O–H groups in total. The summed E-state index contributed by atoms with van der Waals surface area (Å²) in [5.74, 6) is -1.03. The van der Waals surface area contributed by atoms with Crippen molar-refractivity contribution in [3.05, 3.63) is 0 Å². The first kappa shape index (κ1) is 16.0. The lowest BCUT2D eigenvalue weighted by Gasteiger charge is -2.23. The van der Waals surface area contributed by atoms with E-state index >= 15 is 0 Å². The molecule has 1 aliphatic rings. The maximum Gasteiger partial charge on any atom is 0.308 e. The fourth-order valence-electron chi connectivity index (χ4n) is 2.82. The lowest BCUT2D eigenvalue weighted by molar-refractivity contribution is -0.143. The molecular formula is C15H27NO3. The number of hydrogen-bond donors (Lipinski definition) is 1. The minimum atomic E-state index is -0.776. The number of carboxylic acid groups (broad SMARTS) is 1. The van der Waals surface area contributed by atoms with Crippen LogP contribution in [0.3, 0.4) is 0 Å². The lowest BCUT2D eigenvalue weighted by Crippen LogP contribution is -2.37. The molecule has 0 bridgehead atoms. The second kappa shape index (κ2) is 8.18. The van der Waals surface area contributed by atoms with Crippen LogP contribution in [0.25, 0.3) is 0 Å². The quantitative estimate of drug-likeness (QED) is 0.689. The number of carbonyl (C=O) groups is 2. The van der Waals surface area contributed by atoms with Crippen molar-refractivity contribution in [3.8, 4) is 0 Å². The zero-order valence-electron chi connectivity index (χ0n) is 12.2. The van der Waals surface area contributed by atoms with Crippen LogP contribution in [-0.4, -0.2) is 34.5 Å². The summed E-state index contributed by atoms with van der Waals surface area (Å²) in [6, 6.07) is -0.148. The van der Waals surface area contributed by atoms with Crippen molar-refractivity contribution in [2.75, 3.05) is 6.54 Å². The Labute approximate surface area is 116 Å². The zero-order chi connectivity index (χ0) is 14.3. The first-order valence-corrected chi connectivity index (χ1v) is 7.60. The predicted molar refractivity (Wildman–Crippen MR) is 74.9 cm³/mol. The Morgan fingerprint density at radius 3 is 2.37 bits per heavy atom. The van der Waals surface area contributed by atoms with Gasteiger partial charge in [0.1, 0.15) is 0 Å². The van der Waals surface area contributed by atoms with E-state index in [1.54, 1.807) is 4.90 Å². The molecule has 4 heteroatoms. The Bertz CT molecular complexity index is 304. The molecule has 1 fully saturated rings. The highest BCUT2D eigenvalue weighted by Crippen LogP contribution is 2.25. The van der Waals surface area contributed by atoms with E-state index in [2.05, 4.69) is 6.92 Å². The van der Waals surface area contributed by atoms with E-state index in [-0.39, 0.29) is 17.9 Å². The summed E-state index contributed by atoms with van der Waals surface area (Å²) in [7, 11) is 0. The van der Waals surface area contributed by atoms with Crippen molar-refractivity contribution in [2.45, 2.75) is 71.3 Å². The highest BCUT2D eigenvalue weighted by molar-refractivity contribution is 5.79. The van der Waals surface area contributed by atoms with Gasteiger partial charge in [0.2, 0.25) is 5.91 Å². The normalized spacial score (nSPS) is 22.7. The second-order valence-electron chi connectivity index (χ2n) is 5.58. The van der Waals surface area contributed by atoms with Crippen LogP contribution in [0.1, 0.15) is 65.2 Å². The molecular weight excluding hydrogens is 242 g/mol. The number of carboxylic acids is 1. The third-order valence-corrected chi connectivity index (χ3v) is 4.14. The van der Waals surface area contributed by atoms with Gasteiger partial charge in [-0.3, -0.25) is 9.59 Å². The average molecular weight is 269 g/mol. The van der Waals surface area contributed by atoms with Gasteiger partial charge in [-0.05, 0) is 19.8 Å². The molecule has 19 heavy (non-hydrogen) atoms. The van der Waals surface area contributed by atoms with Gasteiger partial charge in [0.15, 0.2) is 0 Å². The largest absolute Gasteiger partial charge is 0.481 e. The number of amides is 1. The molecule has 0 radical (unpaired) electrons. The van der Waals surface area contributed by atoms with Crippen LogP contribution < -0.4 is 0 Å². The van der Waals surface area contributed by atoms with Gasteiger partial charge < -0.3 is 10.0 Å². The molecule has 1 heterocycles. The standard InChI is InChI=1S/C15H27NO3/c1-3-4-5-6-7-8-9-14(17)16-11-10-13(12(16)2)15(18)19/h12-13H,3-11H2,1-2H3,(H,18,19). The molecule has 2 unspecified atom stereocenters. The number of rotatable bonds is 8. The molecule has 1 aliphatic heterocycles. The molecule has 0 aliphatic carbocycles. The Kier molecular flexibility index (Phi) is 6.89. The van der Waals surface area contributed by atoms with Crippen LogP contribution in [-0.2, 0) is 9.59 Å². The Morgan fingerprint density at radius 1 is 1.16 bits per heavy atom. The molecule has 0 saturated carbocycles.